The van der Waals surface area contributed by atoms with Gasteiger partial charge in [-0.1, -0.05) is 15.9 Å². The number of fused-ring (bicyclic) bond motifs is 1. The zero-order valence-corrected chi connectivity index (χ0v) is 15.4. The molecule has 1 aliphatic rings. The van der Waals surface area contributed by atoms with E-state index < -0.39 is 11.8 Å². The van der Waals surface area contributed by atoms with Crippen LogP contribution in [0.25, 0.3) is 0 Å². The number of nitrogens with one attached hydrogen (secondary N) is 1. The van der Waals surface area contributed by atoms with E-state index in [1.165, 1.54) is 12.1 Å². The molecule has 5 nitrogen and oxygen atoms in total. The molecular weight excluding hydrogens is 391 g/mol. The van der Waals surface area contributed by atoms with Crippen molar-refractivity contribution in [3.05, 3.63) is 56.2 Å². The second-order valence-corrected chi connectivity index (χ2v) is 6.71. The van der Waals surface area contributed by atoms with Crippen LogP contribution in [0.3, 0.4) is 0 Å². The average molecular weight is 409 g/mol. The molecule has 0 atom stereocenters. The molecule has 1 N–H and O–H groups in total. The summed E-state index contributed by atoms with van der Waals surface area (Å²) in [4.78, 5) is 24.9. The van der Waals surface area contributed by atoms with E-state index in [0.29, 0.717) is 28.7 Å². The van der Waals surface area contributed by atoms with Crippen LogP contribution in [0, 0.1) is 5.82 Å². The van der Waals surface area contributed by atoms with Crippen molar-refractivity contribution >= 4 is 33.3 Å². The molecule has 0 bridgehead atoms. The van der Waals surface area contributed by atoms with Crippen molar-refractivity contribution in [1.29, 1.82) is 0 Å². The number of aromatic nitrogens is 1. The molecule has 0 radical (unpaired) electrons. The molecule has 0 amide bonds. The first-order valence-electron chi connectivity index (χ1n) is 8.17. The first-order chi connectivity index (χ1) is 12.0. The number of pyridine rings is 1. The maximum absolute atomic E-state index is 14.2. The van der Waals surface area contributed by atoms with Crippen molar-refractivity contribution in [1.82, 2.24) is 4.57 Å². The molecule has 0 aliphatic carbocycles. The van der Waals surface area contributed by atoms with Gasteiger partial charge in [-0.05, 0) is 44.4 Å². The number of nitrogens with zero attached hydrogens (tertiary/aromatic N) is 1. The molecule has 3 rings (SSSR count). The van der Waals surface area contributed by atoms with Gasteiger partial charge in [-0.15, -0.1) is 0 Å². The number of halogens is 2. The van der Waals surface area contributed by atoms with E-state index >= 15 is 0 Å². The number of esters is 1. The molecule has 2 aromatic rings. The van der Waals surface area contributed by atoms with Crippen LogP contribution in [-0.4, -0.2) is 17.1 Å². The third kappa shape index (κ3) is 3.61. The predicted octanol–water partition coefficient (Wildman–Crippen LogP) is 4.01. The zero-order chi connectivity index (χ0) is 18.0. The third-order valence-corrected chi connectivity index (χ3v) is 4.64. The SMILES string of the molecule is CCOC(=O)c1c(Nc2ccc(Br)cc2F)cc(=O)n2c1CCCC2. The van der Waals surface area contributed by atoms with Crippen LogP contribution in [0.4, 0.5) is 15.8 Å². The highest BCUT2D eigenvalue weighted by Gasteiger charge is 2.24. The lowest BCUT2D eigenvalue weighted by Gasteiger charge is -2.23. The summed E-state index contributed by atoms with van der Waals surface area (Å²) in [6.45, 7) is 2.53. The van der Waals surface area contributed by atoms with Crippen LogP contribution >= 0.6 is 15.9 Å². The molecule has 0 fully saturated rings. The van der Waals surface area contributed by atoms with Crippen LogP contribution in [-0.2, 0) is 17.7 Å². The fourth-order valence-electron chi connectivity index (χ4n) is 3.03. The predicted molar refractivity (Wildman–Crippen MR) is 97.0 cm³/mol. The zero-order valence-electron chi connectivity index (χ0n) is 13.8. The molecule has 1 aliphatic heterocycles. The number of hydrogen-bond acceptors (Lipinski definition) is 4. The van der Waals surface area contributed by atoms with Gasteiger partial charge in [0.25, 0.3) is 5.56 Å². The quantitative estimate of drug-likeness (QED) is 0.776. The summed E-state index contributed by atoms with van der Waals surface area (Å²) in [5.41, 5.74) is 1.22. The Kier molecular flexibility index (Phi) is 5.22. The Morgan fingerprint density at radius 2 is 2.12 bits per heavy atom. The fourth-order valence-corrected chi connectivity index (χ4v) is 3.36. The van der Waals surface area contributed by atoms with E-state index in [0.717, 1.165) is 12.8 Å². The van der Waals surface area contributed by atoms with Crippen LogP contribution in [0.5, 0.6) is 0 Å². The molecule has 2 heterocycles. The summed E-state index contributed by atoms with van der Waals surface area (Å²) >= 11 is 3.21. The highest BCUT2D eigenvalue weighted by Crippen LogP contribution is 2.29. The van der Waals surface area contributed by atoms with E-state index in [-0.39, 0.29) is 23.5 Å². The molecule has 0 unspecified atom stereocenters. The smallest absolute Gasteiger partial charge is 0.342 e. The van der Waals surface area contributed by atoms with Gasteiger partial charge in [0, 0.05) is 22.8 Å². The largest absolute Gasteiger partial charge is 0.462 e. The van der Waals surface area contributed by atoms with Gasteiger partial charge in [-0.25, -0.2) is 9.18 Å². The summed E-state index contributed by atoms with van der Waals surface area (Å²) < 4.78 is 21.5. The Morgan fingerprint density at radius 3 is 2.84 bits per heavy atom. The first kappa shape index (κ1) is 17.7. The van der Waals surface area contributed by atoms with Crippen molar-refractivity contribution in [3.63, 3.8) is 0 Å². The molecule has 7 heteroatoms. The fraction of sp³-hybridized carbons (Fsp3) is 0.333. The second kappa shape index (κ2) is 7.39. The highest BCUT2D eigenvalue weighted by atomic mass is 79.9. The number of benzene rings is 1. The minimum absolute atomic E-state index is 0.189. The van der Waals surface area contributed by atoms with Crippen LogP contribution in [0.15, 0.2) is 33.5 Å². The maximum Gasteiger partial charge on any atom is 0.342 e. The lowest BCUT2D eigenvalue weighted by atomic mass is 10.0. The van der Waals surface area contributed by atoms with Crippen molar-refractivity contribution in [2.75, 3.05) is 11.9 Å². The lowest BCUT2D eigenvalue weighted by molar-refractivity contribution is 0.0524. The summed E-state index contributed by atoms with van der Waals surface area (Å²) in [7, 11) is 0. The van der Waals surface area contributed by atoms with Gasteiger partial charge in [-0.3, -0.25) is 4.79 Å². The van der Waals surface area contributed by atoms with Crippen molar-refractivity contribution in [2.24, 2.45) is 0 Å². The number of anilines is 2. The number of carbonyl (C=O) groups is 1. The Bertz CT molecular complexity index is 879. The Labute approximate surface area is 152 Å². The number of hydrogen-bond donors (Lipinski definition) is 1. The first-order valence-corrected chi connectivity index (χ1v) is 8.96. The summed E-state index contributed by atoms with van der Waals surface area (Å²) in [6.07, 6.45) is 2.40. The molecule has 0 spiro atoms. The molecular formula is C18H18BrFN2O3. The van der Waals surface area contributed by atoms with Crippen LogP contribution in [0.1, 0.15) is 35.8 Å². The maximum atomic E-state index is 14.2. The molecule has 132 valence electrons. The normalized spacial score (nSPS) is 13.2. The molecule has 1 aromatic carbocycles. The van der Waals surface area contributed by atoms with Crippen LogP contribution < -0.4 is 10.9 Å². The standard InChI is InChI=1S/C18H18BrFN2O3/c1-2-25-18(24)17-14(21-13-7-6-11(19)9-12(13)20)10-16(23)22-8-4-3-5-15(17)22/h6-7,9-10,21H,2-5,8H2,1H3. The van der Waals surface area contributed by atoms with Gasteiger partial charge < -0.3 is 14.6 Å². The summed E-state index contributed by atoms with van der Waals surface area (Å²) in [5, 5.41) is 2.89. The lowest BCUT2D eigenvalue weighted by Crippen LogP contribution is -2.30. The third-order valence-electron chi connectivity index (χ3n) is 4.14. The van der Waals surface area contributed by atoms with Gasteiger partial charge in [0.15, 0.2) is 0 Å². The second-order valence-electron chi connectivity index (χ2n) is 5.80. The minimum Gasteiger partial charge on any atom is -0.462 e. The van der Waals surface area contributed by atoms with Gasteiger partial charge in [0.1, 0.15) is 11.4 Å². The van der Waals surface area contributed by atoms with Crippen LogP contribution in [0.2, 0.25) is 0 Å². The Hall–Kier alpha value is -2.15. The molecule has 0 saturated heterocycles. The van der Waals surface area contributed by atoms with E-state index in [1.54, 1.807) is 23.6 Å². The van der Waals surface area contributed by atoms with E-state index in [2.05, 4.69) is 21.2 Å². The molecule has 0 saturated carbocycles. The average Bonchev–Trinajstić information content (AvgIpc) is 2.58. The minimum atomic E-state index is -0.506. The van der Waals surface area contributed by atoms with Gasteiger partial charge in [-0.2, -0.15) is 0 Å². The number of rotatable bonds is 4. The molecule has 25 heavy (non-hydrogen) atoms. The van der Waals surface area contributed by atoms with Gasteiger partial charge >= 0.3 is 5.97 Å². The van der Waals surface area contributed by atoms with Gasteiger partial charge in [0.2, 0.25) is 0 Å². The van der Waals surface area contributed by atoms with E-state index in [1.807, 2.05) is 0 Å². The topological polar surface area (TPSA) is 60.3 Å². The number of carbonyl (C=O) groups excluding carboxylic acids is 1. The summed E-state index contributed by atoms with van der Waals surface area (Å²) in [5.74, 6) is -0.991. The van der Waals surface area contributed by atoms with E-state index in [4.69, 9.17) is 4.74 Å². The Morgan fingerprint density at radius 1 is 1.32 bits per heavy atom. The van der Waals surface area contributed by atoms with Crippen molar-refractivity contribution in [2.45, 2.75) is 32.7 Å². The Balaban J connectivity index is 2.12. The number of ether oxygens (including phenoxy) is 1. The highest BCUT2D eigenvalue weighted by molar-refractivity contribution is 9.10. The van der Waals surface area contributed by atoms with Gasteiger partial charge in [0.05, 0.1) is 18.0 Å². The summed E-state index contributed by atoms with van der Waals surface area (Å²) in [6, 6.07) is 5.88. The monoisotopic (exact) mass is 408 g/mol. The van der Waals surface area contributed by atoms with E-state index in [9.17, 15) is 14.0 Å². The van der Waals surface area contributed by atoms with Crippen molar-refractivity contribution in [3.8, 4) is 0 Å². The molecule has 1 aromatic heterocycles. The van der Waals surface area contributed by atoms with Crippen molar-refractivity contribution < 1.29 is 13.9 Å².